The van der Waals surface area contributed by atoms with Crippen molar-refractivity contribution < 1.29 is 14.3 Å². The Hall–Kier alpha value is -3.60. The maximum Gasteiger partial charge on any atom is 0.261 e. The molecule has 2 amide bonds. The molecule has 0 heterocycles. The minimum Gasteiger partial charge on any atom is -0.484 e. The predicted octanol–water partition coefficient (Wildman–Crippen LogP) is 5.92. The molecule has 37 heavy (non-hydrogen) atoms. The third kappa shape index (κ3) is 8.49. The van der Waals surface area contributed by atoms with Crippen LogP contribution in [0, 0.1) is 0 Å². The number of carbonyl (C=O) groups is 2. The van der Waals surface area contributed by atoms with E-state index < -0.39 is 6.04 Å². The van der Waals surface area contributed by atoms with Gasteiger partial charge in [0.15, 0.2) is 6.61 Å². The Labute approximate surface area is 221 Å². The molecular formula is C32H40N2O3. The molecule has 0 radical (unpaired) electrons. The lowest BCUT2D eigenvalue weighted by molar-refractivity contribution is -0.143. The number of nitrogens with zero attached hydrogens (tertiary/aromatic N) is 1. The molecule has 5 nitrogen and oxygen atoms in total. The number of benzene rings is 3. The summed E-state index contributed by atoms with van der Waals surface area (Å²) in [4.78, 5) is 28.8. The molecule has 1 N–H and O–H groups in total. The molecule has 0 unspecified atom stereocenters. The highest BCUT2D eigenvalue weighted by Crippen LogP contribution is 2.24. The zero-order chi connectivity index (χ0) is 26.8. The van der Waals surface area contributed by atoms with Gasteiger partial charge >= 0.3 is 0 Å². The van der Waals surface area contributed by atoms with Crippen LogP contribution in [0.3, 0.4) is 0 Å². The van der Waals surface area contributed by atoms with E-state index in [1.807, 2.05) is 98.8 Å². The van der Waals surface area contributed by atoms with E-state index in [1.54, 1.807) is 4.90 Å². The van der Waals surface area contributed by atoms with Crippen LogP contribution in [0.2, 0.25) is 0 Å². The molecule has 0 aliphatic rings. The van der Waals surface area contributed by atoms with Gasteiger partial charge in [0.05, 0.1) is 0 Å². The third-order valence-corrected chi connectivity index (χ3v) is 6.55. The number of ether oxygens (including phenoxy) is 1. The van der Waals surface area contributed by atoms with Gasteiger partial charge in [0.1, 0.15) is 11.8 Å². The largest absolute Gasteiger partial charge is 0.484 e. The van der Waals surface area contributed by atoms with Crippen LogP contribution in [0.15, 0.2) is 84.9 Å². The zero-order valence-corrected chi connectivity index (χ0v) is 22.7. The smallest absolute Gasteiger partial charge is 0.261 e. The van der Waals surface area contributed by atoms with Crippen LogP contribution < -0.4 is 10.1 Å². The Bertz CT molecular complexity index is 1120. The molecule has 0 fully saturated rings. The number of hydrogen-bond acceptors (Lipinski definition) is 3. The van der Waals surface area contributed by atoms with E-state index in [2.05, 4.69) is 26.1 Å². The van der Waals surface area contributed by atoms with E-state index >= 15 is 0 Å². The van der Waals surface area contributed by atoms with Gasteiger partial charge in [-0.25, -0.2) is 0 Å². The molecule has 3 aromatic carbocycles. The number of rotatable bonds is 11. The van der Waals surface area contributed by atoms with E-state index in [0.29, 0.717) is 18.7 Å². The fourth-order valence-electron chi connectivity index (χ4n) is 4.05. The first-order chi connectivity index (χ1) is 17.7. The van der Waals surface area contributed by atoms with Gasteiger partial charge in [-0.1, -0.05) is 100 Å². The van der Waals surface area contributed by atoms with E-state index in [1.165, 1.54) is 5.56 Å². The van der Waals surface area contributed by atoms with E-state index in [4.69, 9.17) is 4.74 Å². The van der Waals surface area contributed by atoms with Crippen molar-refractivity contribution in [2.45, 2.75) is 71.5 Å². The molecular weight excluding hydrogens is 460 g/mol. The molecule has 0 aliphatic heterocycles. The molecule has 0 saturated carbocycles. The topological polar surface area (TPSA) is 58.6 Å². The van der Waals surface area contributed by atoms with E-state index in [9.17, 15) is 9.59 Å². The summed E-state index contributed by atoms with van der Waals surface area (Å²) < 4.78 is 5.91. The second-order valence-corrected chi connectivity index (χ2v) is 10.6. The van der Waals surface area contributed by atoms with Crippen LogP contribution >= 0.6 is 0 Å². The van der Waals surface area contributed by atoms with Crippen molar-refractivity contribution in [1.29, 1.82) is 0 Å². The van der Waals surface area contributed by atoms with Crippen molar-refractivity contribution in [1.82, 2.24) is 10.2 Å². The molecule has 2 atom stereocenters. The van der Waals surface area contributed by atoms with Crippen molar-refractivity contribution in [3.05, 3.63) is 102 Å². The first-order valence-electron chi connectivity index (χ1n) is 13.1. The Morgan fingerprint density at radius 2 is 1.43 bits per heavy atom. The molecule has 5 heteroatoms. The molecule has 196 valence electrons. The highest BCUT2D eigenvalue weighted by Gasteiger charge is 2.31. The van der Waals surface area contributed by atoms with Crippen LogP contribution in [0.4, 0.5) is 0 Å². The van der Waals surface area contributed by atoms with Crippen LogP contribution in [0.5, 0.6) is 5.75 Å². The number of carbonyl (C=O) groups excluding carboxylic acids is 2. The van der Waals surface area contributed by atoms with Crippen LogP contribution in [-0.2, 0) is 28.0 Å². The summed E-state index contributed by atoms with van der Waals surface area (Å²) in [7, 11) is 0. The van der Waals surface area contributed by atoms with Gasteiger partial charge in [-0.3, -0.25) is 9.59 Å². The van der Waals surface area contributed by atoms with Gasteiger partial charge in [0, 0.05) is 19.0 Å². The van der Waals surface area contributed by atoms with Crippen LogP contribution in [0.1, 0.15) is 57.7 Å². The predicted molar refractivity (Wildman–Crippen MR) is 149 cm³/mol. The van der Waals surface area contributed by atoms with Crippen LogP contribution in [-0.4, -0.2) is 35.4 Å². The number of hydrogen-bond donors (Lipinski definition) is 1. The van der Waals surface area contributed by atoms with Crippen molar-refractivity contribution in [3.8, 4) is 5.75 Å². The lowest BCUT2D eigenvalue weighted by atomic mass is 9.87. The summed E-state index contributed by atoms with van der Waals surface area (Å²) in [5.74, 6) is 0.241. The van der Waals surface area contributed by atoms with Gasteiger partial charge in [-0.15, -0.1) is 0 Å². The lowest BCUT2D eigenvalue weighted by Gasteiger charge is -2.32. The van der Waals surface area contributed by atoms with Gasteiger partial charge in [-0.2, -0.15) is 0 Å². The molecule has 3 aromatic rings. The molecule has 0 spiro atoms. The van der Waals surface area contributed by atoms with Crippen molar-refractivity contribution in [2.24, 2.45) is 0 Å². The summed E-state index contributed by atoms with van der Waals surface area (Å²) in [6.07, 6.45) is 1.23. The fourth-order valence-corrected chi connectivity index (χ4v) is 4.05. The Morgan fingerprint density at radius 3 is 1.97 bits per heavy atom. The zero-order valence-electron chi connectivity index (χ0n) is 22.7. The molecule has 0 saturated heterocycles. The van der Waals surface area contributed by atoms with Gasteiger partial charge in [-0.05, 0) is 47.6 Å². The monoisotopic (exact) mass is 500 g/mol. The van der Waals surface area contributed by atoms with Crippen molar-refractivity contribution >= 4 is 11.8 Å². The number of nitrogens with one attached hydrogen (secondary N) is 1. The Balaban J connectivity index is 1.86. The highest BCUT2D eigenvalue weighted by molar-refractivity contribution is 5.88. The first kappa shape index (κ1) is 28.0. The molecule has 0 bridgehead atoms. The standard InChI is InChI=1S/C32H40N2O3/c1-6-24(2)33-31(36)29(21-25-13-9-7-10-14-25)34(22-26-15-11-8-12-16-26)30(35)23-37-28-19-17-27(18-20-28)32(3,4)5/h7-20,24,29H,6,21-23H2,1-5H3,(H,33,36)/t24-,29+/m1/s1. The third-order valence-electron chi connectivity index (χ3n) is 6.55. The highest BCUT2D eigenvalue weighted by atomic mass is 16.5. The first-order valence-corrected chi connectivity index (χ1v) is 13.1. The Kier molecular flexibility index (Phi) is 9.90. The average Bonchev–Trinajstić information content (AvgIpc) is 2.90. The van der Waals surface area contributed by atoms with E-state index in [-0.39, 0.29) is 29.9 Å². The number of amides is 2. The Morgan fingerprint density at radius 1 is 0.865 bits per heavy atom. The minimum atomic E-state index is -0.670. The summed E-state index contributed by atoms with van der Waals surface area (Å²) in [5, 5.41) is 3.09. The van der Waals surface area contributed by atoms with Gasteiger partial charge < -0.3 is 15.0 Å². The maximum atomic E-state index is 13.7. The average molecular weight is 501 g/mol. The second kappa shape index (κ2) is 13.1. The van der Waals surface area contributed by atoms with E-state index in [0.717, 1.165) is 17.5 Å². The van der Waals surface area contributed by atoms with Crippen molar-refractivity contribution in [3.63, 3.8) is 0 Å². The van der Waals surface area contributed by atoms with Crippen molar-refractivity contribution in [2.75, 3.05) is 6.61 Å². The fraction of sp³-hybridized carbons (Fsp3) is 0.375. The normalized spacial score (nSPS) is 12.9. The molecule has 0 aliphatic carbocycles. The molecule has 3 rings (SSSR count). The summed E-state index contributed by atoms with van der Waals surface area (Å²) in [5.41, 5.74) is 3.19. The van der Waals surface area contributed by atoms with Gasteiger partial charge in [0.2, 0.25) is 5.91 Å². The quantitative estimate of drug-likeness (QED) is 0.356. The maximum absolute atomic E-state index is 13.7. The SMILES string of the molecule is CC[C@@H](C)NC(=O)[C@H](Cc1ccccc1)N(Cc1ccccc1)C(=O)COc1ccc(C(C)(C)C)cc1. The van der Waals surface area contributed by atoms with Gasteiger partial charge in [0.25, 0.3) is 5.91 Å². The van der Waals surface area contributed by atoms with Crippen LogP contribution in [0.25, 0.3) is 0 Å². The summed E-state index contributed by atoms with van der Waals surface area (Å²) in [6.45, 7) is 10.6. The minimum absolute atomic E-state index is 0.0111. The lowest BCUT2D eigenvalue weighted by Crippen LogP contribution is -2.53. The molecule has 0 aromatic heterocycles. The summed E-state index contributed by atoms with van der Waals surface area (Å²) in [6, 6.07) is 26.8. The summed E-state index contributed by atoms with van der Waals surface area (Å²) >= 11 is 0. The second-order valence-electron chi connectivity index (χ2n) is 10.6.